The van der Waals surface area contributed by atoms with Gasteiger partial charge >= 0.3 is 5.97 Å². The largest absolute Gasteiger partial charge is 0.331 e. The van der Waals surface area contributed by atoms with E-state index in [1.54, 1.807) is 41.4 Å². The molecule has 8 heteroatoms. The van der Waals surface area contributed by atoms with E-state index in [0.29, 0.717) is 22.8 Å². The molecule has 162 valence electrons. The summed E-state index contributed by atoms with van der Waals surface area (Å²) in [6, 6.07) is 21.4. The predicted molar refractivity (Wildman–Crippen MR) is 131 cm³/mol. The number of fused-ring (bicyclic) bond motifs is 2. The molecule has 0 N–H and O–H groups in total. The smallest absolute Gasteiger partial charge is 0.318 e. The first-order chi connectivity index (χ1) is 15.5. The Morgan fingerprint density at radius 3 is 2.28 bits per heavy atom. The Bertz CT molecular complexity index is 1200. The van der Waals surface area contributed by atoms with Gasteiger partial charge in [0.1, 0.15) is 5.71 Å². The maximum atomic E-state index is 13.2. The Morgan fingerprint density at radius 1 is 0.938 bits per heavy atom. The summed E-state index contributed by atoms with van der Waals surface area (Å²) >= 11 is 10.9. The van der Waals surface area contributed by atoms with E-state index in [1.807, 2.05) is 48.5 Å². The molecule has 4 nitrogen and oxygen atoms in total. The van der Waals surface area contributed by atoms with Crippen molar-refractivity contribution in [3.63, 3.8) is 0 Å². The average Bonchev–Trinajstić information content (AvgIpc) is 2.80. The number of benzene rings is 3. The van der Waals surface area contributed by atoms with Gasteiger partial charge in [0.2, 0.25) is 5.78 Å². The maximum absolute atomic E-state index is 13.2. The number of hydrogen-bond acceptors (Lipinski definition) is 7. The summed E-state index contributed by atoms with van der Waals surface area (Å²) in [7, 11) is 0. The van der Waals surface area contributed by atoms with E-state index in [4.69, 9.17) is 16.4 Å². The summed E-state index contributed by atoms with van der Waals surface area (Å²) in [5.74, 6) is -0.194. The highest BCUT2D eigenvalue weighted by atomic mass is 35.5. The minimum Gasteiger partial charge on any atom is -0.318 e. The number of ketones is 1. The van der Waals surface area contributed by atoms with E-state index in [2.05, 4.69) is 17.3 Å². The van der Waals surface area contributed by atoms with Crippen LogP contribution in [0, 0.1) is 0 Å². The Balaban J connectivity index is 1.50. The molecule has 0 bridgehead atoms. The molecule has 0 radical (unpaired) electrons. The Hall–Kier alpha value is -2.19. The van der Waals surface area contributed by atoms with Crippen LogP contribution in [0.25, 0.3) is 0 Å². The summed E-state index contributed by atoms with van der Waals surface area (Å²) in [6.45, 7) is 1.26. The third-order valence-electron chi connectivity index (χ3n) is 4.46. The van der Waals surface area contributed by atoms with Gasteiger partial charge in [-0.1, -0.05) is 52.4 Å². The number of nitrogens with zero attached hydrogens (tertiary/aromatic N) is 1. The van der Waals surface area contributed by atoms with Crippen molar-refractivity contribution in [1.29, 1.82) is 0 Å². The van der Waals surface area contributed by atoms with Crippen LogP contribution in [0.3, 0.4) is 0 Å². The fourth-order valence-corrected chi connectivity index (χ4v) is 6.19. The molecular weight excluding hydrogens is 482 g/mol. The van der Waals surface area contributed by atoms with Crippen LogP contribution in [0.2, 0.25) is 5.02 Å². The molecule has 0 atom stereocenters. The summed E-state index contributed by atoms with van der Waals surface area (Å²) < 4.78 is 0. The molecule has 1 aliphatic heterocycles. The first kappa shape index (κ1) is 23.0. The fourth-order valence-electron chi connectivity index (χ4n) is 2.95. The molecule has 3 aromatic carbocycles. The molecule has 0 fully saturated rings. The van der Waals surface area contributed by atoms with Crippen molar-refractivity contribution in [3.8, 4) is 0 Å². The van der Waals surface area contributed by atoms with Crippen LogP contribution in [-0.4, -0.2) is 23.2 Å². The lowest BCUT2D eigenvalue weighted by atomic mass is 10.1. The van der Waals surface area contributed by atoms with Crippen molar-refractivity contribution in [2.24, 2.45) is 5.16 Å². The highest BCUT2D eigenvalue weighted by Gasteiger charge is 2.21. The van der Waals surface area contributed by atoms with Gasteiger partial charge in [-0.2, -0.15) is 0 Å². The second-order valence-corrected chi connectivity index (χ2v) is 10.6. The quantitative estimate of drug-likeness (QED) is 0.0877. The van der Waals surface area contributed by atoms with E-state index >= 15 is 0 Å². The summed E-state index contributed by atoms with van der Waals surface area (Å²) in [4.78, 5) is 34.9. The number of thioether (sulfide) groups is 1. The van der Waals surface area contributed by atoms with Crippen LogP contribution in [0.4, 0.5) is 0 Å². The number of carbonyl (C=O) groups excluding carboxylic acids is 2. The minimum atomic E-state index is -0.561. The number of hydrogen-bond donors (Lipinski definition) is 0. The van der Waals surface area contributed by atoms with Crippen LogP contribution < -0.4 is 0 Å². The molecule has 0 unspecified atom stereocenters. The molecule has 32 heavy (non-hydrogen) atoms. The van der Waals surface area contributed by atoms with Crippen LogP contribution in [0.5, 0.6) is 0 Å². The number of rotatable bonds is 7. The van der Waals surface area contributed by atoms with Crippen LogP contribution in [-0.2, 0) is 9.63 Å². The molecule has 0 aromatic heterocycles. The van der Waals surface area contributed by atoms with Crippen molar-refractivity contribution in [2.75, 3.05) is 5.75 Å². The van der Waals surface area contributed by atoms with Crippen molar-refractivity contribution >= 4 is 64.4 Å². The van der Waals surface area contributed by atoms with Gasteiger partial charge in [0.15, 0.2) is 0 Å². The molecule has 4 rings (SSSR count). The first-order valence-electron chi connectivity index (χ1n) is 9.76. The van der Waals surface area contributed by atoms with Gasteiger partial charge in [-0.15, -0.1) is 11.8 Å². The van der Waals surface area contributed by atoms with E-state index in [9.17, 15) is 9.59 Å². The Labute approximate surface area is 204 Å². The van der Waals surface area contributed by atoms with Gasteiger partial charge in [0.05, 0.1) is 0 Å². The molecule has 0 saturated heterocycles. The highest BCUT2D eigenvalue weighted by Crippen LogP contribution is 2.48. The monoisotopic (exact) mass is 499 g/mol. The SMILES string of the molecule is CC(=O)O/N=C(\CCSc1ccc(Cl)cc1)C(=O)c1ccc2c(c1)Sc1ccccc1S2. The fraction of sp³-hybridized carbons (Fsp3) is 0.125. The zero-order valence-corrected chi connectivity index (χ0v) is 20.2. The molecule has 0 spiro atoms. The standard InChI is InChI=1S/C24H18ClNO3S3/c1-15(27)29-26-19(12-13-30-18-9-7-17(25)8-10-18)24(28)16-6-11-22-23(14-16)32-21-5-3-2-4-20(21)31-22/h2-11,14H,12-13H2,1H3/b26-19+. The number of halogens is 1. The summed E-state index contributed by atoms with van der Waals surface area (Å²) in [6.07, 6.45) is 0.362. The van der Waals surface area contributed by atoms with Crippen LogP contribution >= 0.6 is 46.9 Å². The zero-order valence-electron chi connectivity index (χ0n) is 17.0. The molecule has 3 aromatic rings. The predicted octanol–water partition coefficient (Wildman–Crippen LogP) is 7.24. The number of Topliss-reactive ketones (excluding diaryl/α,β-unsaturated/α-hetero) is 1. The van der Waals surface area contributed by atoms with Gasteiger partial charge in [-0.3, -0.25) is 4.79 Å². The van der Waals surface area contributed by atoms with Crippen LogP contribution in [0.15, 0.2) is 96.4 Å². The average molecular weight is 500 g/mol. The molecular formula is C24H18ClNO3S3. The van der Waals surface area contributed by atoms with Crippen molar-refractivity contribution in [3.05, 3.63) is 77.3 Å². The summed E-state index contributed by atoms with van der Waals surface area (Å²) in [5, 5.41) is 4.54. The van der Waals surface area contributed by atoms with E-state index in [0.717, 1.165) is 14.7 Å². The van der Waals surface area contributed by atoms with Crippen molar-refractivity contribution in [2.45, 2.75) is 37.8 Å². The van der Waals surface area contributed by atoms with Gasteiger partial charge in [-0.05, 0) is 54.6 Å². The van der Waals surface area contributed by atoms with E-state index in [1.165, 1.54) is 16.7 Å². The van der Waals surface area contributed by atoms with Gasteiger partial charge in [-0.25, -0.2) is 4.79 Å². The Kier molecular flexibility index (Phi) is 7.63. The van der Waals surface area contributed by atoms with Gasteiger partial charge in [0, 0.05) is 54.2 Å². The summed E-state index contributed by atoms with van der Waals surface area (Å²) in [5.41, 5.74) is 0.745. The third-order valence-corrected chi connectivity index (χ3v) is 8.27. The van der Waals surface area contributed by atoms with E-state index in [-0.39, 0.29) is 11.5 Å². The zero-order chi connectivity index (χ0) is 22.5. The molecule has 1 aliphatic rings. The van der Waals surface area contributed by atoms with E-state index < -0.39 is 5.97 Å². The lowest BCUT2D eigenvalue weighted by molar-refractivity contribution is -0.140. The lowest BCUT2D eigenvalue weighted by Crippen LogP contribution is -2.17. The third kappa shape index (κ3) is 5.78. The highest BCUT2D eigenvalue weighted by molar-refractivity contribution is 8.05. The lowest BCUT2D eigenvalue weighted by Gasteiger charge is -2.18. The molecule has 1 heterocycles. The first-order valence-corrected chi connectivity index (χ1v) is 12.8. The van der Waals surface area contributed by atoms with Gasteiger partial charge in [0.25, 0.3) is 0 Å². The second kappa shape index (κ2) is 10.6. The van der Waals surface area contributed by atoms with Crippen molar-refractivity contribution < 1.29 is 14.4 Å². The van der Waals surface area contributed by atoms with Crippen LogP contribution in [0.1, 0.15) is 23.7 Å². The molecule has 0 aliphatic carbocycles. The minimum absolute atomic E-state index is 0.218. The Morgan fingerprint density at radius 2 is 1.59 bits per heavy atom. The molecule has 0 amide bonds. The molecule has 0 saturated carbocycles. The normalized spacial score (nSPS) is 12.6. The second-order valence-electron chi connectivity index (χ2n) is 6.81. The van der Waals surface area contributed by atoms with Gasteiger partial charge < -0.3 is 4.84 Å². The maximum Gasteiger partial charge on any atom is 0.331 e. The number of carbonyl (C=O) groups is 2. The topological polar surface area (TPSA) is 55.7 Å². The number of oxime groups is 1. The van der Waals surface area contributed by atoms with Crippen molar-refractivity contribution in [1.82, 2.24) is 0 Å².